The number of nitrogens with zero attached hydrogens (tertiary/aromatic N) is 4. The molecule has 0 N–H and O–H groups in total. The Morgan fingerprint density at radius 2 is 1.63 bits per heavy atom. The number of methoxy groups -OCH3 is 1. The molecule has 1 aliphatic heterocycles. The molecule has 6 nitrogen and oxygen atoms in total. The molecule has 0 bridgehead atoms. The van der Waals surface area contributed by atoms with Crippen LogP contribution < -0.4 is 9.64 Å². The van der Waals surface area contributed by atoms with Crippen molar-refractivity contribution in [3.8, 4) is 17.0 Å². The molecule has 0 spiro atoms. The number of piperazine rings is 1. The Hall–Kier alpha value is -3.67. The summed E-state index contributed by atoms with van der Waals surface area (Å²) in [5.41, 5.74) is 2.88. The Labute approximate surface area is 176 Å². The Balaban J connectivity index is 1.32. The summed E-state index contributed by atoms with van der Waals surface area (Å²) >= 11 is 0. The molecule has 4 rings (SSSR count). The van der Waals surface area contributed by atoms with E-state index in [0.717, 1.165) is 41.5 Å². The molecular weight excluding hydrogens is 376 g/mol. The maximum absolute atomic E-state index is 12.5. The first-order valence-corrected chi connectivity index (χ1v) is 9.98. The molecule has 30 heavy (non-hydrogen) atoms. The van der Waals surface area contributed by atoms with Crippen molar-refractivity contribution in [2.75, 3.05) is 38.2 Å². The van der Waals surface area contributed by atoms with Gasteiger partial charge in [0, 0.05) is 37.8 Å². The third-order valence-corrected chi connectivity index (χ3v) is 5.17. The van der Waals surface area contributed by atoms with E-state index in [1.54, 1.807) is 13.2 Å². The monoisotopic (exact) mass is 400 g/mol. The summed E-state index contributed by atoms with van der Waals surface area (Å²) in [6.07, 6.45) is 3.47. The van der Waals surface area contributed by atoms with Gasteiger partial charge in [-0.1, -0.05) is 42.5 Å². The van der Waals surface area contributed by atoms with Crippen LogP contribution in [0, 0.1) is 0 Å². The van der Waals surface area contributed by atoms with Crippen LogP contribution in [0.5, 0.6) is 5.75 Å². The predicted molar refractivity (Wildman–Crippen MR) is 118 cm³/mol. The maximum atomic E-state index is 12.5. The summed E-state index contributed by atoms with van der Waals surface area (Å²) in [7, 11) is 1.64. The SMILES string of the molecule is COc1ccc(/C=C/C(=O)N2CCN(c3ccc(-c4ccccc4)nn3)CC2)cc1. The second kappa shape index (κ2) is 9.22. The molecule has 1 aromatic heterocycles. The van der Waals surface area contributed by atoms with E-state index in [1.807, 2.05) is 77.7 Å². The predicted octanol–water partition coefficient (Wildman–Crippen LogP) is 3.51. The first-order valence-electron chi connectivity index (χ1n) is 9.98. The van der Waals surface area contributed by atoms with Crippen molar-refractivity contribution in [2.24, 2.45) is 0 Å². The van der Waals surface area contributed by atoms with Crippen LogP contribution in [-0.4, -0.2) is 54.3 Å². The molecule has 3 aromatic rings. The smallest absolute Gasteiger partial charge is 0.246 e. The molecule has 0 radical (unpaired) electrons. The Morgan fingerprint density at radius 1 is 0.900 bits per heavy atom. The van der Waals surface area contributed by atoms with Gasteiger partial charge < -0.3 is 14.5 Å². The van der Waals surface area contributed by atoms with E-state index in [4.69, 9.17) is 4.74 Å². The zero-order chi connectivity index (χ0) is 20.8. The molecule has 1 saturated heterocycles. The van der Waals surface area contributed by atoms with Crippen LogP contribution in [0.25, 0.3) is 17.3 Å². The van der Waals surface area contributed by atoms with E-state index in [1.165, 1.54) is 0 Å². The maximum Gasteiger partial charge on any atom is 0.246 e. The largest absolute Gasteiger partial charge is 0.497 e. The highest BCUT2D eigenvalue weighted by Crippen LogP contribution is 2.19. The lowest BCUT2D eigenvalue weighted by Gasteiger charge is -2.34. The van der Waals surface area contributed by atoms with Crippen molar-refractivity contribution < 1.29 is 9.53 Å². The normalized spacial score (nSPS) is 14.2. The molecule has 0 saturated carbocycles. The minimum Gasteiger partial charge on any atom is -0.497 e. The molecule has 152 valence electrons. The average Bonchev–Trinajstić information content (AvgIpc) is 2.83. The fraction of sp³-hybridized carbons (Fsp3) is 0.208. The van der Waals surface area contributed by atoms with Crippen molar-refractivity contribution in [2.45, 2.75) is 0 Å². The highest BCUT2D eigenvalue weighted by atomic mass is 16.5. The molecule has 2 heterocycles. The lowest BCUT2D eigenvalue weighted by Crippen LogP contribution is -2.48. The van der Waals surface area contributed by atoms with E-state index in [0.29, 0.717) is 13.1 Å². The molecule has 2 aromatic carbocycles. The van der Waals surface area contributed by atoms with Crippen molar-refractivity contribution >= 4 is 17.8 Å². The van der Waals surface area contributed by atoms with Gasteiger partial charge in [-0.15, -0.1) is 10.2 Å². The Morgan fingerprint density at radius 3 is 2.27 bits per heavy atom. The van der Waals surface area contributed by atoms with Crippen molar-refractivity contribution in [3.63, 3.8) is 0 Å². The van der Waals surface area contributed by atoms with Gasteiger partial charge in [-0.25, -0.2) is 0 Å². The van der Waals surface area contributed by atoms with Gasteiger partial charge in [0.1, 0.15) is 5.75 Å². The lowest BCUT2D eigenvalue weighted by molar-refractivity contribution is -0.126. The van der Waals surface area contributed by atoms with Crippen LogP contribution in [0.4, 0.5) is 5.82 Å². The first kappa shape index (κ1) is 19.6. The molecule has 1 fully saturated rings. The minimum absolute atomic E-state index is 0.0241. The van der Waals surface area contributed by atoms with E-state index in [2.05, 4.69) is 15.1 Å². The molecular formula is C24H24N4O2. The van der Waals surface area contributed by atoms with Gasteiger partial charge in [0.05, 0.1) is 12.8 Å². The van der Waals surface area contributed by atoms with Crippen LogP contribution in [0.3, 0.4) is 0 Å². The fourth-order valence-corrected chi connectivity index (χ4v) is 3.40. The fourth-order valence-electron chi connectivity index (χ4n) is 3.40. The summed E-state index contributed by atoms with van der Waals surface area (Å²) in [6, 6.07) is 21.6. The van der Waals surface area contributed by atoms with Crippen LogP contribution in [0.15, 0.2) is 72.8 Å². The summed E-state index contributed by atoms with van der Waals surface area (Å²) in [4.78, 5) is 16.5. The standard InChI is InChI=1S/C24H24N4O2/c1-30-21-10-7-19(8-11-21)9-14-24(29)28-17-15-27(16-18-28)23-13-12-22(25-26-23)20-5-3-2-4-6-20/h2-14H,15-18H2,1H3/b14-9+. The molecule has 0 unspecified atom stereocenters. The van der Waals surface area contributed by atoms with E-state index >= 15 is 0 Å². The highest BCUT2D eigenvalue weighted by Gasteiger charge is 2.20. The third-order valence-electron chi connectivity index (χ3n) is 5.17. The van der Waals surface area contributed by atoms with Gasteiger partial charge in [-0.3, -0.25) is 4.79 Å². The first-order chi connectivity index (χ1) is 14.7. The molecule has 1 aliphatic rings. The van der Waals surface area contributed by atoms with Gasteiger partial charge in [-0.05, 0) is 35.9 Å². The van der Waals surface area contributed by atoms with Gasteiger partial charge >= 0.3 is 0 Å². The number of anilines is 1. The number of amides is 1. The topological polar surface area (TPSA) is 58.6 Å². The van der Waals surface area contributed by atoms with Gasteiger partial charge in [-0.2, -0.15) is 0 Å². The molecule has 6 heteroatoms. The summed E-state index contributed by atoms with van der Waals surface area (Å²) in [5, 5.41) is 8.75. The molecule has 0 aliphatic carbocycles. The van der Waals surface area contributed by atoms with E-state index in [-0.39, 0.29) is 5.91 Å². The number of rotatable bonds is 5. The summed E-state index contributed by atoms with van der Waals surface area (Å²) in [6.45, 7) is 2.80. The van der Waals surface area contributed by atoms with Crippen LogP contribution in [0.1, 0.15) is 5.56 Å². The third kappa shape index (κ3) is 4.66. The molecule has 0 atom stereocenters. The quantitative estimate of drug-likeness (QED) is 0.614. The summed E-state index contributed by atoms with van der Waals surface area (Å²) < 4.78 is 5.15. The zero-order valence-electron chi connectivity index (χ0n) is 16.9. The lowest BCUT2D eigenvalue weighted by atomic mass is 10.1. The second-order valence-electron chi connectivity index (χ2n) is 7.06. The van der Waals surface area contributed by atoms with Crippen LogP contribution in [0.2, 0.25) is 0 Å². The number of carbonyl (C=O) groups is 1. The van der Waals surface area contributed by atoms with E-state index in [9.17, 15) is 4.79 Å². The van der Waals surface area contributed by atoms with Crippen molar-refractivity contribution in [1.29, 1.82) is 0 Å². The Kier molecular flexibility index (Phi) is 6.03. The van der Waals surface area contributed by atoms with Crippen molar-refractivity contribution in [3.05, 3.63) is 78.4 Å². The summed E-state index contributed by atoms with van der Waals surface area (Å²) in [5.74, 6) is 1.67. The van der Waals surface area contributed by atoms with Gasteiger partial charge in [0.15, 0.2) is 5.82 Å². The number of hydrogen-bond donors (Lipinski definition) is 0. The van der Waals surface area contributed by atoms with Gasteiger partial charge in [0.25, 0.3) is 0 Å². The van der Waals surface area contributed by atoms with Crippen LogP contribution >= 0.6 is 0 Å². The molecule has 1 amide bonds. The zero-order valence-corrected chi connectivity index (χ0v) is 16.9. The van der Waals surface area contributed by atoms with Crippen molar-refractivity contribution in [1.82, 2.24) is 15.1 Å². The number of aromatic nitrogens is 2. The van der Waals surface area contributed by atoms with E-state index < -0.39 is 0 Å². The number of carbonyl (C=O) groups excluding carboxylic acids is 1. The van der Waals surface area contributed by atoms with Gasteiger partial charge in [0.2, 0.25) is 5.91 Å². The number of ether oxygens (including phenoxy) is 1. The Bertz CT molecular complexity index is 994. The van der Waals surface area contributed by atoms with Crippen LogP contribution in [-0.2, 0) is 4.79 Å². The highest BCUT2D eigenvalue weighted by molar-refractivity contribution is 5.92. The average molecular weight is 400 g/mol. The number of benzene rings is 2. The second-order valence-corrected chi connectivity index (χ2v) is 7.06. The minimum atomic E-state index is 0.0241. The number of hydrogen-bond acceptors (Lipinski definition) is 5.